The normalized spacial score (nSPS) is 17.1. The number of hydrogen-bond donors (Lipinski definition) is 1. The Balaban J connectivity index is 1.88. The number of likely N-dealkylation sites (N-methyl/N-ethyl adjacent to an activating group) is 1. The van der Waals surface area contributed by atoms with E-state index in [0.717, 1.165) is 25.3 Å². The zero-order valence-corrected chi connectivity index (χ0v) is 9.56. The maximum absolute atomic E-state index is 5.83. The van der Waals surface area contributed by atoms with Gasteiger partial charge >= 0.3 is 0 Å². The molecule has 88 valence electrons. The predicted molar refractivity (Wildman–Crippen MR) is 62.2 cm³/mol. The van der Waals surface area contributed by atoms with Gasteiger partial charge in [0.05, 0.1) is 6.61 Å². The Morgan fingerprint density at radius 2 is 2.25 bits per heavy atom. The molecule has 0 aliphatic carbocycles. The predicted octanol–water partition coefficient (Wildman–Crippen LogP) is 0.812. The highest BCUT2D eigenvalue weighted by Gasteiger charge is 2.24. The summed E-state index contributed by atoms with van der Waals surface area (Å²) in [6.45, 7) is 2.56. The van der Waals surface area contributed by atoms with E-state index in [9.17, 15) is 0 Å². The number of likely N-dealkylation sites (tertiary alicyclic amines) is 1. The summed E-state index contributed by atoms with van der Waals surface area (Å²) in [4.78, 5) is 6.80. The van der Waals surface area contributed by atoms with Crippen LogP contribution in [0.25, 0.3) is 0 Å². The average Bonchev–Trinajstić information content (AvgIpc) is 2.25. The fourth-order valence-electron chi connectivity index (χ4n) is 1.86. The Morgan fingerprint density at radius 3 is 2.94 bits per heavy atom. The Morgan fingerprint density at radius 1 is 1.44 bits per heavy atom. The van der Waals surface area contributed by atoms with Crippen molar-refractivity contribution in [2.24, 2.45) is 5.90 Å². The molecule has 0 bridgehead atoms. The molecule has 4 nitrogen and oxygen atoms in total. The van der Waals surface area contributed by atoms with Gasteiger partial charge < -0.3 is 9.57 Å². The number of nitrogens with zero attached hydrogens (tertiary/aromatic N) is 1. The van der Waals surface area contributed by atoms with E-state index in [1.54, 1.807) is 0 Å². The summed E-state index contributed by atoms with van der Waals surface area (Å²) in [5.74, 6) is 5.94. The average molecular weight is 222 g/mol. The van der Waals surface area contributed by atoms with E-state index < -0.39 is 0 Å². The SMILES string of the molecule is CN1CC(Oc2cccc(CCON)c2)C1. The monoisotopic (exact) mass is 222 g/mol. The van der Waals surface area contributed by atoms with Crippen molar-refractivity contribution in [1.82, 2.24) is 4.90 Å². The highest BCUT2D eigenvalue weighted by Crippen LogP contribution is 2.18. The van der Waals surface area contributed by atoms with Crippen LogP contribution in [0.3, 0.4) is 0 Å². The number of nitrogens with two attached hydrogens (primary N) is 1. The van der Waals surface area contributed by atoms with Gasteiger partial charge in [-0.1, -0.05) is 12.1 Å². The molecule has 0 amide bonds. The first-order valence-electron chi connectivity index (χ1n) is 5.54. The minimum atomic E-state index is 0.339. The fourth-order valence-corrected chi connectivity index (χ4v) is 1.86. The van der Waals surface area contributed by atoms with E-state index in [1.807, 2.05) is 12.1 Å². The summed E-state index contributed by atoms with van der Waals surface area (Å²) in [5.41, 5.74) is 1.19. The quantitative estimate of drug-likeness (QED) is 0.749. The van der Waals surface area contributed by atoms with E-state index in [2.05, 4.69) is 28.9 Å². The van der Waals surface area contributed by atoms with Gasteiger partial charge in [-0.2, -0.15) is 0 Å². The lowest BCUT2D eigenvalue weighted by molar-refractivity contribution is 0.0387. The van der Waals surface area contributed by atoms with Gasteiger partial charge in [-0.25, -0.2) is 5.90 Å². The largest absolute Gasteiger partial charge is 0.488 e. The van der Waals surface area contributed by atoms with Gasteiger partial charge in [-0.15, -0.1) is 0 Å². The third-order valence-corrected chi connectivity index (χ3v) is 2.74. The van der Waals surface area contributed by atoms with Crippen molar-refractivity contribution >= 4 is 0 Å². The van der Waals surface area contributed by atoms with Crippen LogP contribution < -0.4 is 10.6 Å². The maximum Gasteiger partial charge on any atom is 0.124 e. The molecule has 0 radical (unpaired) electrons. The lowest BCUT2D eigenvalue weighted by Crippen LogP contribution is -2.51. The van der Waals surface area contributed by atoms with E-state index in [0.29, 0.717) is 12.7 Å². The van der Waals surface area contributed by atoms with Gasteiger partial charge in [-0.3, -0.25) is 4.90 Å². The topological polar surface area (TPSA) is 47.7 Å². The van der Waals surface area contributed by atoms with Crippen LogP contribution in [0.5, 0.6) is 5.75 Å². The van der Waals surface area contributed by atoms with Crippen molar-refractivity contribution in [1.29, 1.82) is 0 Å². The van der Waals surface area contributed by atoms with E-state index >= 15 is 0 Å². The number of ether oxygens (including phenoxy) is 1. The van der Waals surface area contributed by atoms with Crippen LogP contribution in [-0.4, -0.2) is 37.7 Å². The van der Waals surface area contributed by atoms with Crippen molar-refractivity contribution in [2.45, 2.75) is 12.5 Å². The molecule has 1 aliphatic heterocycles. The summed E-state index contributed by atoms with van der Waals surface area (Å²) in [6.07, 6.45) is 1.16. The summed E-state index contributed by atoms with van der Waals surface area (Å²) in [6, 6.07) is 8.10. The lowest BCUT2D eigenvalue weighted by Gasteiger charge is -2.36. The second kappa shape index (κ2) is 5.30. The molecule has 16 heavy (non-hydrogen) atoms. The molecule has 1 heterocycles. The molecule has 1 aliphatic rings. The molecule has 4 heteroatoms. The zero-order chi connectivity index (χ0) is 11.4. The van der Waals surface area contributed by atoms with Crippen LogP contribution in [0, 0.1) is 0 Å². The smallest absolute Gasteiger partial charge is 0.124 e. The molecule has 1 fully saturated rings. The van der Waals surface area contributed by atoms with E-state index in [1.165, 1.54) is 5.56 Å². The Hall–Kier alpha value is -1.10. The zero-order valence-electron chi connectivity index (χ0n) is 9.56. The fraction of sp³-hybridized carbons (Fsp3) is 0.500. The molecule has 0 spiro atoms. The van der Waals surface area contributed by atoms with Crippen molar-refractivity contribution in [2.75, 3.05) is 26.7 Å². The van der Waals surface area contributed by atoms with Crippen LogP contribution in [-0.2, 0) is 11.3 Å². The molecule has 0 saturated carbocycles. The molecule has 0 unspecified atom stereocenters. The van der Waals surface area contributed by atoms with Crippen LogP contribution in [0.15, 0.2) is 24.3 Å². The summed E-state index contributed by atoms with van der Waals surface area (Å²) in [7, 11) is 2.09. The minimum Gasteiger partial charge on any atom is -0.488 e. The van der Waals surface area contributed by atoms with Crippen molar-refractivity contribution < 1.29 is 9.57 Å². The third kappa shape index (κ3) is 2.95. The standard InChI is InChI=1S/C12H18N2O2/c1-14-8-12(9-14)16-11-4-2-3-10(7-11)5-6-15-13/h2-4,7,12H,5-6,8-9,13H2,1H3. The van der Waals surface area contributed by atoms with E-state index in [-0.39, 0.29) is 0 Å². The molecule has 0 aromatic heterocycles. The number of rotatable bonds is 5. The number of hydrogen-bond acceptors (Lipinski definition) is 4. The van der Waals surface area contributed by atoms with Crippen molar-refractivity contribution in [3.63, 3.8) is 0 Å². The van der Waals surface area contributed by atoms with Crippen LogP contribution in [0.1, 0.15) is 5.56 Å². The van der Waals surface area contributed by atoms with E-state index in [4.69, 9.17) is 10.6 Å². The molecular formula is C12H18N2O2. The first-order valence-corrected chi connectivity index (χ1v) is 5.54. The molecule has 2 N–H and O–H groups in total. The Kier molecular flexibility index (Phi) is 3.77. The molecule has 1 saturated heterocycles. The first kappa shape index (κ1) is 11.4. The summed E-state index contributed by atoms with van der Waals surface area (Å²) in [5, 5.41) is 0. The number of benzene rings is 1. The van der Waals surface area contributed by atoms with Gasteiger partial charge in [0.25, 0.3) is 0 Å². The van der Waals surface area contributed by atoms with Crippen LogP contribution in [0.4, 0.5) is 0 Å². The van der Waals surface area contributed by atoms with Crippen molar-refractivity contribution in [3.8, 4) is 5.75 Å². The van der Waals surface area contributed by atoms with Crippen LogP contribution >= 0.6 is 0 Å². The Bertz CT molecular complexity index is 338. The minimum absolute atomic E-state index is 0.339. The van der Waals surface area contributed by atoms with Gasteiger partial charge in [0.1, 0.15) is 11.9 Å². The highest BCUT2D eigenvalue weighted by molar-refractivity contribution is 5.29. The second-order valence-corrected chi connectivity index (χ2v) is 4.23. The second-order valence-electron chi connectivity index (χ2n) is 4.23. The maximum atomic E-state index is 5.83. The summed E-state index contributed by atoms with van der Waals surface area (Å²) < 4.78 is 5.83. The molecule has 0 atom stereocenters. The molecular weight excluding hydrogens is 204 g/mol. The molecule has 1 aromatic carbocycles. The van der Waals surface area contributed by atoms with Gasteiger partial charge in [-0.05, 0) is 31.2 Å². The molecule has 1 aromatic rings. The van der Waals surface area contributed by atoms with Gasteiger partial charge in [0.2, 0.25) is 0 Å². The molecule has 2 rings (SSSR count). The van der Waals surface area contributed by atoms with Gasteiger partial charge in [0, 0.05) is 13.1 Å². The highest BCUT2D eigenvalue weighted by atomic mass is 16.6. The third-order valence-electron chi connectivity index (χ3n) is 2.74. The summed E-state index contributed by atoms with van der Waals surface area (Å²) >= 11 is 0. The van der Waals surface area contributed by atoms with Crippen molar-refractivity contribution in [3.05, 3.63) is 29.8 Å². The van der Waals surface area contributed by atoms with Crippen LogP contribution in [0.2, 0.25) is 0 Å². The Labute approximate surface area is 95.9 Å². The lowest BCUT2D eigenvalue weighted by atomic mass is 10.1. The van der Waals surface area contributed by atoms with Gasteiger partial charge in [0.15, 0.2) is 0 Å². The first-order chi connectivity index (χ1) is 7.78.